The molecule has 3 nitrogen and oxygen atoms in total. The summed E-state index contributed by atoms with van der Waals surface area (Å²) in [6.07, 6.45) is -4.44. The first-order valence-corrected chi connectivity index (χ1v) is 6.15. The Labute approximate surface area is 113 Å². The molecule has 1 aromatic rings. The van der Waals surface area contributed by atoms with E-state index in [2.05, 4.69) is 0 Å². The Balaban J connectivity index is 2.28. The van der Waals surface area contributed by atoms with Gasteiger partial charge in [0.2, 0.25) is 5.91 Å². The van der Waals surface area contributed by atoms with E-state index in [0.717, 1.165) is 18.2 Å². The number of nitrogens with zero attached hydrogens (tertiary/aromatic N) is 1. The number of hydrogen-bond acceptors (Lipinski definition) is 2. The Morgan fingerprint density at radius 1 is 1.35 bits per heavy atom. The van der Waals surface area contributed by atoms with Crippen molar-refractivity contribution in [2.75, 3.05) is 13.1 Å². The lowest BCUT2D eigenvalue weighted by atomic mass is 10.1. The molecule has 2 rings (SSSR count). The van der Waals surface area contributed by atoms with E-state index >= 15 is 0 Å². The van der Waals surface area contributed by atoms with Crippen molar-refractivity contribution >= 4 is 5.91 Å². The van der Waals surface area contributed by atoms with Crippen molar-refractivity contribution in [1.29, 1.82) is 0 Å². The van der Waals surface area contributed by atoms with Gasteiger partial charge in [-0.1, -0.05) is 6.07 Å². The van der Waals surface area contributed by atoms with E-state index in [1.807, 2.05) is 0 Å². The van der Waals surface area contributed by atoms with Crippen LogP contribution in [0.3, 0.4) is 0 Å². The SMILES string of the molecule is NCC1CC(=O)N(Cc2c(F)cccc2C(F)(F)F)C1. The van der Waals surface area contributed by atoms with Gasteiger partial charge in [0, 0.05) is 25.1 Å². The van der Waals surface area contributed by atoms with Crippen LogP contribution >= 0.6 is 0 Å². The Kier molecular flexibility index (Phi) is 3.99. The first-order chi connectivity index (χ1) is 9.32. The maximum Gasteiger partial charge on any atom is 0.416 e. The fourth-order valence-corrected chi connectivity index (χ4v) is 2.34. The zero-order valence-corrected chi connectivity index (χ0v) is 10.6. The van der Waals surface area contributed by atoms with Gasteiger partial charge in [-0.05, 0) is 24.6 Å². The van der Waals surface area contributed by atoms with Gasteiger partial charge < -0.3 is 10.6 Å². The summed E-state index contributed by atoms with van der Waals surface area (Å²) >= 11 is 0. The summed E-state index contributed by atoms with van der Waals surface area (Å²) in [7, 11) is 0. The molecule has 0 spiro atoms. The number of benzene rings is 1. The van der Waals surface area contributed by atoms with Crippen molar-refractivity contribution < 1.29 is 22.4 Å². The molecule has 1 unspecified atom stereocenters. The smallest absolute Gasteiger partial charge is 0.338 e. The third kappa shape index (κ3) is 2.92. The van der Waals surface area contributed by atoms with E-state index in [1.54, 1.807) is 0 Å². The number of carbonyl (C=O) groups excluding carboxylic acids is 1. The van der Waals surface area contributed by atoms with Crippen LogP contribution in [0.15, 0.2) is 18.2 Å². The highest BCUT2D eigenvalue weighted by Gasteiger charge is 2.36. The monoisotopic (exact) mass is 290 g/mol. The van der Waals surface area contributed by atoms with Gasteiger partial charge in [0.1, 0.15) is 5.82 Å². The molecule has 0 aliphatic carbocycles. The minimum atomic E-state index is -4.65. The van der Waals surface area contributed by atoms with E-state index in [4.69, 9.17) is 5.73 Å². The topological polar surface area (TPSA) is 46.3 Å². The molecular formula is C13H14F4N2O. The van der Waals surface area contributed by atoms with Gasteiger partial charge in [-0.15, -0.1) is 0 Å². The van der Waals surface area contributed by atoms with E-state index in [9.17, 15) is 22.4 Å². The van der Waals surface area contributed by atoms with Crippen molar-refractivity contribution in [3.8, 4) is 0 Å². The van der Waals surface area contributed by atoms with Crippen molar-refractivity contribution in [2.45, 2.75) is 19.1 Å². The van der Waals surface area contributed by atoms with Crippen LogP contribution < -0.4 is 5.73 Å². The summed E-state index contributed by atoms with van der Waals surface area (Å²) in [5.74, 6) is -1.33. The number of nitrogens with two attached hydrogens (primary N) is 1. The lowest BCUT2D eigenvalue weighted by Crippen LogP contribution is -2.27. The van der Waals surface area contributed by atoms with Crippen LogP contribution in [0.25, 0.3) is 0 Å². The molecule has 1 saturated heterocycles. The average Bonchev–Trinajstić information content (AvgIpc) is 2.71. The van der Waals surface area contributed by atoms with Gasteiger partial charge >= 0.3 is 6.18 Å². The highest BCUT2D eigenvalue weighted by molar-refractivity contribution is 5.78. The number of halogens is 4. The number of rotatable bonds is 3. The van der Waals surface area contributed by atoms with Gasteiger partial charge in [-0.25, -0.2) is 4.39 Å². The third-order valence-corrected chi connectivity index (χ3v) is 3.40. The van der Waals surface area contributed by atoms with Crippen molar-refractivity contribution in [1.82, 2.24) is 4.90 Å². The first kappa shape index (κ1) is 14.8. The maximum absolute atomic E-state index is 13.7. The van der Waals surface area contributed by atoms with Gasteiger partial charge in [-0.3, -0.25) is 4.79 Å². The predicted octanol–water partition coefficient (Wildman–Crippen LogP) is 2.15. The molecule has 20 heavy (non-hydrogen) atoms. The van der Waals surface area contributed by atoms with Crippen LogP contribution in [-0.4, -0.2) is 23.9 Å². The fourth-order valence-electron chi connectivity index (χ4n) is 2.34. The molecule has 1 aliphatic heterocycles. The Morgan fingerprint density at radius 3 is 2.60 bits per heavy atom. The summed E-state index contributed by atoms with van der Waals surface area (Å²) in [5.41, 5.74) is 3.91. The molecule has 1 aromatic carbocycles. The van der Waals surface area contributed by atoms with Crippen LogP contribution in [-0.2, 0) is 17.5 Å². The third-order valence-electron chi connectivity index (χ3n) is 3.40. The maximum atomic E-state index is 13.7. The van der Waals surface area contributed by atoms with E-state index < -0.39 is 23.1 Å². The molecule has 1 fully saturated rings. The summed E-state index contributed by atoms with van der Waals surface area (Å²) in [6, 6.07) is 2.79. The highest BCUT2D eigenvalue weighted by atomic mass is 19.4. The molecule has 2 N–H and O–H groups in total. The highest BCUT2D eigenvalue weighted by Crippen LogP contribution is 2.34. The van der Waals surface area contributed by atoms with Crippen LogP contribution in [0.4, 0.5) is 17.6 Å². The number of amides is 1. The van der Waals surface area contributed by atoms with Gasteiger partial charge in [0.05, 0.1) is 5.56 Å². The molecule has 0 saturated carbocycles. The first-order valence-electron chi connectivity index (χ1n) is 6.15. The molecule has 1 amide bonds. The number of likely N-dealkylation sites (tertiary alicyclic amines) is 1. The molecule has 1 atom stereocenters. The molecule has 110 valence electrons. The Morgan fingerprint density at radius 2 is 2.05 bits per heavy atom. The minimum absolute atomic E-state index is 0.0800. The Bertz CT molecular complexity index is 516. The van der Waals surface area contributed by atoms with Crippen LogP contribution in [0.2, 0.25) is 0 Å². The zero-order valence-electron chi connectivity index (χ0n) is 10.6. The number of hydrogen-bond donors (Lipinski definition) is 1. The summed E-state index contributed by atoms with van der Waals surface area (Å²) in [6.45, 7) is 0.170. The Hall–Kier alpha value is -1.63. The van der Waals surface area contributed by atoms with Crippen LogP contribution in [0, 0.1) is 11.7 Å². The normalized spacial score (nSPS) is 19.8. The standard InChI is InChI=1S/C13H14F4N2O/c14-11-3-1-2-10(13(15,16)17)9(11)7-19-6-8(5-18)4-12(19)20/h1-3,8H,4-7,18H2. The number of carbonyl (C=O) groups is 1. The lowest BCUT2D eigenvalue weighted by Gasteiger charge is -2.20. The molecule has 0 bridgehead atoms. The number of alkyl halides is 3. The van der Waals surface area contributed by atoms with Crippen LogP contribution in [0.5, 0.6) is 0 Å². The second-order valence-electron chi connectivity index (χ2n) is 4.84. The molecule has 0 aromatic heterocycles. The minimum Gasteiger partial charge on any atom is -0.338 e. The molecule has 1 heterocycles. The van der Waals surface area contributed by atoms with E-state index in [1.165, 1.54) is 4.90 Å². The second kappa shape index (κ2) is 5.40. The van der Waals surface area contributed by atoms with Crippen molar-refractivity contribution in [3.05, 3.63) is 35.1 Å². The van der Waals surface area contributed by atoms with Gasteiger partial charge in [0.15, 0.2) is 0 Å². The summed E-state index contributed by atoms with van der Waals surface area (Å²) in [5, 5.41) is 0. The van der Waals surface area contributed by atoms with Gasteiger partial charge in [-0.2, -0.15) is 13.2 Å². The van der Waals surface area contributed by atoms with Crippen molar-refractivity contribution in [2.24, 2.45) is 11.7 Å². The van der Waals surface area contributed by atoms with Crippen molar-refractivity contribution in [3.63, 3.8) is 0 Å². The summed E-state index contributed by atoms with van der Waals surface area (Å²) in [4.78, 5) is 12.9. The zero-order chi connectivity index (χ0) is 14.9. The fraction of sp³-hybridized carbons (Fsp3) is 0.462. The van der Waals surface area contributed by atoms with Crippen LogP contribution in [0.1, 0.15) is 17.5 Å². The average molecular weight is 290 g/mol. The van der Waals surface area contributed by atoms with E-state index in [0.29, 0.717) is 0 Å². The molecular weight excluding hydrogens is 276 g/mol. The quantitative estimate of drug-likeness (QED) is 0.867. The second-order valence-corrected chi connectivity index (χ2v) is 4.84. The van der Waals surface area contributed by atoms with E-state index in [-0.39, 0.29) is 37.9 Å². The molecule has 1 aliphatic rings. The largest absolute Gasteiger partial charge is 0.416 e. The molecule has 0 radical (unpaired) electrons. The lowest BCUT2D eigenvalue weighted by molar-refractivity contribution is -0.139. The molecule has 7 heteroatoms. The predicted molar refractivity (Wildman–Crippen MR) is 64.0 cm³/mol. The summed E-state index contributed by atoms with van der Waals surface area (Å²) < 4.78 is 52.2. The van der Waals surface area contributed by atoms with Gasteiger partial charge in [0.25, 0.3) is 0 Å².